The molecule has 2 heterocycles. The summed E-state index contributed by atoms with van der Waals surface area (Å²) in [5, 5.41) is 7.00. The lowest BCUT2D eigenvalue weighted by molar-refractivity contribution is 0.206. The number of likely N-dealkylation sites (tertiary alicyclic amines) is 1. The number of guanidine groups is 1. The van der Waals surface area contributed by atoms with Gasteiger partial charge in [0.05, 0.1) is 6.54 Å². The van der Waals surface area contributed by atoms with Gasteiger partial charge in [-0.3, -0.25) is 0 Å². The molecule has 3 rings (SSSR count). The molecule has 1 aromatic carbocycles. The normalized spacial score (nSPS) is 20.8. The lowest BCUT2D eigenvalue weighted by Crippen LogP contribution is -2.49. The third kappa shape index (κ3) is 6.01. The highest BCUT2D eigenvalue weighted by molar-refractivity contribution is 14.0. The maximum Gasteiger partial charge on any atom is 0.191 e. The Morgan fingerprint density at radius 1 is 1.23 bits per heavy atom. The maximum atomic E-state index is 6.00. The highest BCUT2D eigenvalue weighted by Gasteiger charge is 2.23. The van der Waals surface area contributed by atoms with Crippen molar-refractivity contribution >= 4 is 29.9 Å². The Kier molecular flexibility index (Phi) is 8.98. The molecule has 146 valence electrons. The van der Waals surface area contributed by atoms with Crippen molar-refractivity contribution in [3.63, 3.8) is 0 Å². The van der Waals surface area contributed by atoms with Gasteiger partial charge >= 0.3 is 0 Å². The summed E-state index contributed by atoms with van der Waals surface area (Å²) in [6.45, 7) is 9.54. The zero-order chi connectivity index (χ0) is 17.5. The topological polar surface area (TPSA) is 48.9 Å². The first-order valence-electron chi connectivity index (χ1n) is 9.80. The first kappa shape index (κ1) is 21.3. The van der Waals surface area contributed by atoms with Crippen LogP contribution in [0.1, 0.15) is 38.7 Å². The van der Waals surface area contributed by atoms with Crippen LogP contribution in [0.25, 0.3) is 0 Å². The molecule has 0 bridgehead atoms. The van der Waals surface area contributed by atoms with E-state index in [0.717, 1.165) is 24.7 Å². The number of halogens is 1. The van der Waals surface area contributed by atoms with Gasteiger partial charge in [0.1, 0.15) is 11.9 Å². The van der Waals surface area contributed by atoms with Crippen LogP contribution in [0.5, 0.6) is 5.75 Å². The van der Waals surface area contributed by atoms with Crippen LogP contribution in [0, 0.1) is 0 Å². The summed E-state index contributed by atoms with van der Waals surface area (Å²) in [6, 6.07) is 8.82. The van der Waals surface area contributed by atoms with Gasteiger partial charge in [-0.05, 0) is 44.4 Å². The number of hydrogen-bond acceptors (Lipinski definition) is 3. The molecule has 2 aliphatic heterocycles. The Morgan fingerprint density at radius 3 is 2.69 bits per heavy atom. The monoisotopic (exact) mass is 472 g/mol. The molecule has 1 unspecified atom stereocenters. The number of nitrogens with zero attached hydrogens (tertiary/aromatic N) is 2. The quantitative estimate of drug-likeness (QED) is 0.380. The fraction of sp³-hybridized carbons (Fsp3) is 0.650. The minimum atomic E-state index is 0. The second kappa shape index (κ2) is 11.0. The highest BCUT2D eigenvalue weighted by Crippen LogP contribution is 2.28. The summed E-state index contributed by atoms with van der Waals surface area (Å²) in [5.41, 5.74) is 1.30. The third-order valence-electron chi connectivity index (χ3n) is 4.98. The second-order valence-electron chi connectivity index (χ2n) is 7.03. The van der Waals surface area contributed by atoms with Crippen LogP contribution >= 0.6 is 24.0 Å². The van der Waals surface area contributed by atoms with E-state index in [1.807, 2.05) is 12.1 Å². The number of nitrogens with one attached hydrogen (secondary N) is 2. The summed E-state index contributed by atoms with van der Waals surface area (Å²) in [6.07, 6.45) is 4.73. The van der Waals surface area contributed by atoms with Crippen LogP contribution in [0.15, 0.2) is 29.3 Å². The van der Waals surface area contributed by atoms with Gasteiger partial charge in [0.2, 0.25) is 0 Å². The van der Waals surface area contributed by atoms with E-state index in [0.29, 0.717) is 12.6 Å². The molecule has 0 aromatic heterocycles. The minimum Gasteiger partial charge on any atom is -0.488 e. The van der Waals surface area contributed by atoms with Crippen LogP contribution in [0.4, 0.5) is 0 Å². The smallest absolute Gasteiger partial charge is 0.191 e. The number of rotatable bonds is 6. The van der Waals surface area contributed by atoms with E-state index in [-0.39, 0.29) is 30.1 Å². The van der Waals surface area contributed by atoms with Crippen molar-refractivity contribution in [2.24, 2.45) is 4.99 Å². The van der Waals surface area contributed by atoms with E-state index in [1.54, 1.807) is 0 Å². The fourth-order valence-electron chi connectivity index (χ4n) is 3.68. The van der Waals surface area contributed by atoms with Gasteiger partial charge in [-0.15, -0.1) is 24.0 Å². The molecule has 2 aliphatic rings. The molecule has 0 aliphatic carbocycles. The van der Waals surface area contributed by atoms with Crippen molar-refractivity contribution in [3.05, 3.63) is 29.8 Å². The standard InChI is InChI=1S/C20H32N4O.HI/c1-3-11-24-12-9-17(10-13-24)23-20(21-4-2)22-15-18-14-16-7-5-6-8-19(16)25-18;/h5-8,17-18H,3-4,9-15H2,1-2H3,(H2,21,22,23);1H. The molecular formula is C20H33IN4O. The zero-order valence-corrected chi connectivity index (χ0v) is 18.4. The van der Waals surface area contributed by atoms with Crippen molar-refractivity contribution in [3.8, 4) is 5.75 Å². The maximum absolute atomic E-state index is 6.00. The number of aliphatic imine (C=N–C) groups is 1. The van der Waals surface area contributed by atoms with Crippen LogP contribution in [0.3, 0.4) is 0 Å². The SMILES string of the molecule is CCCN1CCC(NC(=NCC2Cc3ccccc3O2)NCC)CC1.I. The molecule has 1 aromatic rings. The van der Waals surface area contributed by atoms with Crippen molar-refractivity contribution in [2.75, 3.05) is 32.7 Å². The van der Waals surface area contributed by atoms with E-state index >= 15 is 0 Å². The molecule has 0 spiro atoms. The summed E-state index contributed by atoms with van der Waals surface area (Å²) in [5.74, 6) is 1.94. The third-order valence-corrected chi connectivity index (χ3v) is 4.98. The number of para-hydroxylation sites is 1. The summed E-state index contributed by atoms with van der Waals surface area (Å²) < 4.78 is 6.00. The number of fused-ring (bicyclic) bond motifs is 1. The van der Waals surface area contributed by atoms with Gasteiger partial charge in [0, 0.05) is 32.1 Å². The highest BCUT2D eigenvalue weighted by atomic mass is 127. The summed E-state index contributed by atoms with van der Waals surface area (Å²) in [4.78, 5) is 7.35. The van der Waals surface area contributed by atoms with Gasteiger partial charge in [-0.25, -0.2) is 4.99 Å². The predicted octanol–water partition coefficient (Wildman–Crippen LogP) is 3.04. The number of hydrogen-bond donors (Lipinski definition) is 2. The molecule has 2 N–H and O–H groups in total. The van der Waals surface area contributed by atoms with Gasteiger partial charge in [-0.1, -0.05) is 25.1 Å². The predicted molar refractivity (Wildman–Crippen MR) is 119 cm³/mol. The lowest BCUT2D eigenvalue weighted by Gasteiger charge is -2.32. The zero-order valence-electron chi connectivity index (χ0n) is 16.0. The van der Waals surface area contributed by atoms with Crippen LogP contribution in [-0.2, 0) is 6.42 Å². The van der Waals surface area contributed by atoms with Gasteiger partial charge < -0.3 is 20.3 Å². The Balaban J connectivity index is 0.00000243. The van der Waals surface area contributed by atoms with Gasteiger partial charge in [0.15, 0.2) is 5.96 Å². The molecule has 0 radical (unpaired) electrons. The molecule has 1 fully saturated rings. The Bertz CT molecular complexity index is 548. The van der Waals surface area contributed by atoms with E-state index < -0.39 is 0 Å². The van der Waals surface area contributed by atoms with E-state index in [4.69, 9.17) is 9.73 Å². The Hall–Kier alpha value is -1.02. The van der Waals surface area contributed by atoms with Crippen molar-refractivity contribution in [1.29, 1.82) is 0 Å². The number of benzene rings is 1. The Morgan fingerprint density at radius 2 is 2.00 bits per heavy atom. The lowest BCUT2D eigenvalue weighted by atomic mass is 10.1. The fourth-order valence-corrected chi connectivity index (χ4v) is 3.68. The molecule has 6 heteroatoms. The van der Waals surface area contributed by atoms with E-state index in [9.17, 15) is 0 Å². The number of ether oxygens (including phenoxy) is 1. The first-order valence-corrected chi connectivity index (χ1v) is 9.80. The van der Waals surface area contributed by atoms with Crippen molar-refractivity contribution < 1.29 is 4.74 Å². The van der Waals surface area contributed by atoms with Crippen LogP contribution < -0.4 is 15.4 Å². The minimum absolute atomic E-state index is 0. The van der Waals surface area contributed by atoms with Gasteiger partial charge in [-0.2, -0.15) is 0 Å². The van der Waals surface area contributed by atoms with Crippen molar-refractivity contribution in [1.82, 2.24) is 15.5 Å². The van der Waals surface area contributed by atoms with Gasteiger partial charge in [0.25, 0.3) is 0 Å². The average Bonchev–Trinajstić information content (AvgIpc) is 3.05. The Labute approximate surface area is 175 Å². The molecular weight excluding hydrogens is 439 g/mol. The second-order valence-corrected chi connectivity index (χ2v) is 7.03. The van der Waals surface area contributed by atoms with Crippen molar-refractivity contribution in [2.45, 2.75) is 51.7 Å². The number of piperidine rings is 1. The average molecular weight is 472 g/mol. The van der Waals surface area contributed by atoms with Crippen LogP contribution in [0.2, 0.25) is 0 Å². The molecule has 1 saturated heterocycles. The molecule has 1 atom stereocenters. The van der Waals surface area contributed by atoms with Crippen LogP contribution in [-0.4, -0.2) is 55.7 Å². The molecule has 0 amide bonds. The van der Waals surface area contributed by atoms with E-state index in [2.05, 4.69) is 41.5 Å². The molecule has 5 nitrogen and oxygen atoms in total. The largest absolute Gasteiger partial charge is 0.488 e. The summed E-state index contributed by atoms with van der Waals surface area (Å²) >= 11 is 0. The summed E-state index contributed by atoms with van der Waals surface area (Å²) in [7, 11) is 0. The van der Waals surface area contributed by atoms with E-state index in [1.165, 1.54) is 44.5 Å². The molecule has 26 heavy (non-hydrogen) atoms. The first-order chi connectivity index (χ1) is 12.3. The molecule has 0 saturated carbocycles.